The number of hydrogen-bond acceptors (Lipinski definition) is 5. The Balaban J connectivity index is 1.57. The molecule has 0 atom stereocenters. The third-order valence-corrected chi connectivity index (χ3v) is 4.59. The molecule has 0 unspecified atom stereocenters. The second kappa shape index (κ2) is 7.47. The van der Waals surface area contributed by atoms with Crippen molar-refractivity contribution in [2.45, 2.75) is 23.9 Å². The van der Waals surface area contributed by atoms with Crippen LogP contribution >= 0.6 is 11.8 Å². The fourth-order valence-corrected chi connectivity index (χ4v) is 3.16. The fraction of sp³-hybridized carbons (Fsp3) is 0.375. The second-order valence-corrected chi connectivity index (χ2v) is 6.21. The van der Waals surface area contributed by atoms with Crippen molar-refractivity contribution in [2.75, 3.05) is 24.8 Å². The van der Waals surface area contributed by atoms with E-state index in [4.69, 9.17) is 10.6 Å². The molecule has 22 heavy (non-hydrogen) atoms. The Bertz CT molecular complexity index is 620. The van der Waals surface area contributed by atoms with E-state index in [1.54, 1.807) is 16.4 Å². The van der Waals surface area contributed by atoms with Crippen molar-refractivity contribution in [1.29, 1.82) is 0 Å². The Morgan fingerprint density at radius 3 is 2.77 bits per heavy atom. The van der Waals surface area contributed by atoms with Crippen LogP contribution in [0.3, 0.4) is 0 Å². The van der Waals surface area contributed by atoms with Gasteiger partial charge in [0, 0.05) is 24.9 Å². The van der Waals surface area contributed by atoms with Crippen molar-refractivity contribution in [1.82, 2.24) is 14.9 Å². The van der Waals surface area contributed by atoms with Crippen molar-refractivity contribution >= 4 is 17.8 Å². The molecule has 116 valence electrons. The van der Waals surface area contributed by atoms with Crippen LogP contribution in [0, 0.1) is 0 Å². The highest BCUT2D eigenvalue weighted by molar-refractivity contribution is 7.99. The summed E-state index contributed by atoms with van der Waals surface area (Å²) in [7, 11) is 0. The standard InChI is InChI=1S/C16H20N4OS/c17-20-15(14-8-10-21-11-9-14)18-19-16(20)22-12-4-7-13-5-2-1-3-6-13/h1-7,14H,8-12,17H2/b7-4+. The fourth-order valence-electron chi connectivity index (χ4n) is 2.49. The van der Waals surface area contributed by atoms with E-state index in [9.17, 15) is 0 Å². The highest BCUT2D eigenvalue weighted by Crippen LogP contribution is 2.26. The molecule has 6 heteroatoms. The van der Waals surface area contributed by atoms with E-state index < -0.39 is 0 Å². The van der Waals surface area contributed by atoms with Crippen LogP contribution in [-0.2, 0) is 4.74 Å². The number of aromatic nitrogens is 3. The average Bonchev–Trinajstić information content (AvgIpc) is 2.94. The van der Waals surface area contributed by atoms with E-state index in [1.165, 1.54) is 5.56 Å². The van der Waals surface area contributed by atoms with Crippen LogP contribution in [-0.4, -0.2) is 33.8 Å². The first kappa shape index (κ1) is 15.1. The Morgan fingerprint density at radius 1 is 1.23 bits per heavy atom. The van der Waals surface area contributed by atoms with Gasteiger partial charge in [-0.05, 0) is 18.4 Å². The predicted molar refractivity (Wildman–Crippen MR) is 89.2 cm³/mol. The largest absolute Gasteiger partial charge is 0.381 e. The molecule has 1 saturated heterocycles. The Kier molecular flexibility index (Phi) is 5.13. The Hall–Kier alpha value is -1.79. The lowest BCUT2D eigenvalue weighted by Crippen LogP contribution is -2.22. The maximum atomic E-state index is 6.13. The summed E-state index contributed by atoms with van der Waals surface area (Å²) in [6.07, 6.45) is 6.15. The van der Waals surface area contributed by atoms with Gasteiger partial charge in [-0.2, -0.15) is 0 Å². The summed E-state index contributed by atoms with van der Waals surface area (Å²) in [6.45, 7) is 1.56. The van der Waals surface area contributed by atoms with Gasteiger partial charge in [0.1, 0.15) is 0 Å². The van der Waals surface area contributed by atoms with Crippen molar-refractivity contribution in [2.24, 2.45) is 0 Å². The Labute approximate surface area is 134 Å². The number of thioether (sulfide) groups is 1. The lowest BCUT2D eigenvalue weighted by atomic mass is 10.00. The van der Waals surface area contributed by atoms with Crippen molar-refractivity contribution in [3.8, 4) is 0 Å². The molecule has 1 aromatic heterocycles. The molecule has 0 radical (unpaired) electrons. The van der Waals surface area contributed by atoms with Crippen LogP contribution < -0.4 is 5.84 Å². The molecule has 2 N–H and O–H groups in total. The molecule has 3 rings (SSSR count). The van der Waals surface area contributed by atoms with Gasteiger partial charge in [-0.25, -0.2) is 4.68 Å². The minimum Gasteiger partial charge on any atom is -0.381 e. The van der Waals surface area contributed by atoms with Crippen LogP contribution in [0.2, 0.25) is 0 Å². The molecule has 2 heterocycles. The van der Waals surface area contributed by atoms with Gasteiger partial charge in [0.05, 0.1) is 0 Å². The smallest absolute Gasteiger partial charge is 0.210 e. The highest BCUT2D eigenvalue weighted by atomic mass is 32.2. The summed E-state index contributed by atoms with van der Waals surface area (Å²) in [5.74, 6) is 8.19. The van der Waals surface area contributed by atoms with Crippen molar-refractivity contribution in [3.63, 3.8) is 0 Å². The van der Waals surface area contributed by atoms with E-state index in [0.717, 1.165) is 42.8 Å². The van der Waals surface area contributed by atoms with Crippen molar-refractivity contribution < 1.29 is 4.74 Å². The zero-order chi connectivity index (χ0) is 15.2. The zero-order valence-corrected chi connectivity index (χ0v) is 13.2. The monoisotopic (exact) mass is 316 g/mol. The van der Waals surface area contributed by atoms with Gasteiger partial charge >= 0.3 is 0 Å². The molecule has 1 aliphatic heterocycles. The molecule has 0 aliphatic carbocycles. The molecular formula is C16H20N4OS. The van der Waals surface area contributed by atoms with Crippen LogP contribution in [0.5, 0.6) is 0 Å². The lowest BCUT2D eigenvalue weighted by molar-refractivity contribution is 0.0830. The van der Waals surface area contributed by atoms with Gasteiger partial charge in [0.15, 0.2) is 5.82 Å². The maximum Gasteiger partial charge on any atom is 0.210 e. The third kappa shape index (κ3) is 3.69. The summed E-state index contributed by atoms with van der Waals surface area (Å²) >= 11 is 1.60. The summed E-state index contributed by atoms with van der Waals surface area (Å²) in [5, 5.41) is 9.24. The van der Waals surface area contributed by atoms with Gasteiger partial charge in [-0.3, -0.25) is 0 Å². The molecule has 0 saturated carbocycles. The SMILES string of the molecule is Nn1c(SC/C=C/c2ccccc2)nnc1C1CCOCC1. The quantitative estimate of drug-likeness (QED) is 0.678. The molecule has 1 aromatic carbocycles. The van der Waals surface area contributed by atoms with Gasteiger partial charge < -0.3 is 10.6 Å². The molecular weight excluding hydrogens is 296 g/mol. The third-order valence-electron chi connectivity index (χ3n) is 3.70. The number of rotatable bonds is 5. The first-order valence-corrected chi connectivity index (χ1v) is 8.45. The van der Waals surface area contributed by atoms with E-state index in [0.29, 0.717) is 5.92 Å². The van der Waals surface area contributed by atoms with Crippen LogP contribution in [0.15, 0.2) is 41.6 Å². The van der Waals surface area contributed by atoms with Gasteiger partial charge in [-0.15, -0.1) is 10.2 Å². The van der Waals surface area contributed by atoms with Crippen LogP contribution in [0.25, 0.3) is 6.08 Å². The molecule has 1 fully saturated rings. The predicted octanol–water partition coefficient (Wildman–Crippen LogP) is 2.69. The molecule has 0 spiro atoms. The summed E-state index contributed by atoms with van der Waals surface area (Å²) < 4.78 is 7.01. The van der Waals surface area contributed by atoms with Crippen LogP contribution in [0.4, 0.5) is 0 Å². The highest BCUT2D eigenvalue weighted by Gasteiger charge is 2.22. The second-order valence-electron chi connectivity index (χ2n) is 5.22. The van der Waals surface area contributed by atoms with Crippen LogP contribution in [0.1, 0.15) is 30.1 Å². The molecule has 1 aliphatic rings. The van der Waals surface area contributed by atoms with E-state index in [2.05, 4.69) is 34.5 Å². The molecule has 5 nitrogen and oxygen atoms in total. The summed E-state index contributed by atoms with van der Waals surface area (Å²) in [4.78, 5) is 0. The molecule has 0 amide bonds. The zero-order valence-electron chi connectivity index (χ0n) is 12.4. The minimum absolute atomic E-state index is 0.362. The number of ether oxygens (including phenoxy) is 1. The molecule has 0 bridgehead atoms. The van der Waals surface area contributed by atoms with Crippen molar-refractivity contribution in [3.05, 3.63) is 47.8 Å². The number of nitrogens with zero attached hydrogens (tertiary/aromatic N) is 3. The Morgan fingerprint density at radius 2 is 2.00 bits per heavy atom. The topological polar surface area (TPSA) is 66.0 Å². The first-order valence-electron chi connectivity index (χ1n) is 7.47. The number of nitrogens with two attached hydrogens (primary N) is 1. The average molecular weight is 316 g/mol. The maximum absolute atomic E-state index is 6.13. The summed E-state index contributed by atoms with van der Waals surface area (Å²) in [5.41, 5.74) is 1.19. The first-order chi connectivity index (χ1) is 10.8. The van der Waals surface area contributed by atoms with Gasteiger partial charge in [0.2, 0.25) is 5.16 Å². The number of hydrogen-bond donors (Lipinski definition) is 1. The summed E-state index contributed by atoms with van der Waals surface area (Å²) in [6, 6.07) is 10.2. The van der Waals surface area contributed by atoms with Gasteiger partial charge in [-0.1, -0.05) is 54.2 Å². The van der Waals surface area contributed by atoms with E-state index >= 15 is 0 Å². The van der Waals surface area contributed by atoms with E-state index in [-0.39, 0.29) is 0 Å². The number of nitrogen functional groups attached to an aromatic ring is 1. The molecule has 2 aromatic rings. The number of benzene rings is 1. The normalized spacial score (nSPS) is 16.4. The van der Waals surface area contributed by atoms with Gasteiger partial charge in [0.25, 0.3) is 0 Å². The lowest BCUT2D eigenvalue weighted by Gasteiger charge is -2.20. The van der Waals surface area contributed by atoms with E-state index in [1.807, 2.05) is 18.2 Å². The minimum atomic E-state index is 0.362.